The number of aromatic nitrogens is 1. The van der Waals surface area contributed by atoms with Crippen LogP contribution in [-0.4, -0.2) is 10.9 Å². The van der Waals surface area contributed by atoms with Gasteiger partial charge in [0.1, 0.15) is 5.82 Å². The predicted molar refractivity (Wildman–Crippen MR) is 97.0 cm³/mol. The average molecular weight is 371 g/mol. The summed E-state index contributed by atoms with van der Waals surface area (Å²) in [5.41, 5.74) is 1.98. The first-order chi connectivity index (χ1) is 13.0. The third-order valence-electron chi connectivity index (χ3n) is 4.03. The smallest absolute Gasteiger partial charge is 0.257 e. The molecule has 0 unspecified atom stereocenters. The molecule has 1 amide bonds. The van der Waals surface area contributed by atoms with E-state index in [1.165, 1.54) is 12.3 Å². The van der Waals surface area contributed by atoms with Crippen LogP contribution in [0.4, 0.5) is 24.7 Å². The molecule has 0 atom stereocenters. The molecule has 2 N–H and O–H groups in total. The van der Waals surface area contributed by atoms with Gasteiger partial charge in [-0.15, -0.1) is 0 Å². The van der Waals surface area contributed by atoms with Gasteiger partial charge >= 0.3 is 0 Å². The molecule has 0 bridgehead atoms. The minimum atomic E-state index is -1.64. The highest BCUT2D eigenvalue weighted by atomic mass is 19.2. The zero-order chi connectivity index (χ0) is 19.4. The van der Waals surface area contributed by atoms with Crippen LogP contribution in [0.1, 0.15) is 21.5 Å². The third-order valence-corrected chi connectivity index (χ3v) is 4.03. The van der Waals surface area contributed by atoms with Gasteiger partial charge in [0.15, 0.2) is 17.5 Å². The monoisotopic (exact) mass is 371 g/mol. The van der Waals surface area contributed by atoms with Crippen LogP contribution in [0.15, 0.2) is 54.7 Å². The first kappa shape index (κ1) is 18.4. The van der Waals surface area contributed by atoms with Gasteiger partial charge in [-0.3, -0.25) is 4.79 Å². The lowest BCUT2D eigenvalue weighted by Gasteiger charge is -2.10. The van der Waals surface area contributed by atoms with Crippen LogP contribution < -0.4 is 10.6 Å². The second kappa shape index (κ2) is 7.90. The molecule has 138 valence electrons. The Morgan fingerprint density at radius 1 is 1.00 bits per heavy atom. The lowest BCUT2D eigenvalue weighted by molar-refractivity contribution is 0.102. The van der Waals surface area contributed by atoms with Crippen LogP contribution in [0.2, 0.25) is 0 Å². The Balaban J connectivity index is 1.65. The summed E-state index contributed by atoms with van der Waals surface area (Å²) in [5.74, 6) is -4.53. The van der Waals surface area contributed by atoms with Crippen LogP contribution in [0.25, 0.3) is 0 Å². The van der Waals surface area contributed by atoms with E-state index in [9.17, 15) is 18.0 Å². The standard InChI is InChI=1S/C20H16F3N3O/c1-12-4-2-3-5-13(12)10-24-17-9-6-14(11-25-17)20(27)26-16-8-7-15(21)18(22)19(16)23/h2-9,11H,10H2,1H3,(H,24,25)(H,26,27). The molecule has 3 rings (SSSR count). The maximum atomic E-state index is 13.6. The number of anilines is 2. The van der Waals surface area contributed by atoms with Gasteiger partial charge in [0.25, 0.3) is 5.91 Å². The molecule has 0 aliphatic heterocycles. The number of benzene rings is 2. The molecule has 2 aromatic carbocycles. The van der Waals surface area contributed by atoms with Crippen molar-refractivity contribution in [1.82, 2.24) is 4.98 Å². The Morgan fingerprint density at radius 2 is 1.78 bits per heavy atom. The summed E-state index contributed by atoms with van der Waals surface area (Å²) in [5, 5.41) is 5.34. The van der Waals surface area contributed by atoms with Gasteiger partial charge in [0, 0.05) is 12.7 Å². The largest absolute Gasteiger partial charge is 0.366 e. The molecule has 4 nitrogen and oxygen atoms in total. The molecule has 0 fully saturated rings. The molecule has 0 spiro atoms. The Bertz CT molecular complexity index is 975. The van der Waals surface area contributed by atoms with Crippen molar-refractivity contribution < 1.29 is 18.0 Å². The van der Waals surface area contributed by atoms with Gasteiger partial charge in [-0.1, -0.05) is 24.3 Å². The molecule has 0 aliphatic rings. The fraction of sp³-hybridized carbons (Fsp3) is 0.100. The van der Waals surface area contributed by atoms with Crippen molar-refractivity contribution in [2.45, 2.75) is 13.5 Å². The number of aryl methyl sites for hydroxylation is 1. The van der Waals surface area contributed by atoms with Crippen molar-refractivity contribution >= 4 is 17.4 Å². The van der Waals surface area contributed by atoms with Gasteiger partial charge < -0.3 is 10.6 Å². The fourth-order valence-corrected chi connectivity index (χ4v) is 2.44. The van der Waals surface area contributed by atoms with E-state index in [4.69, 9.17) is 0 Å². The van der Waals surface area contributed by atoms with Crippen molar-refractivity contribution in [3.05, 3.63) is 88.9 Å². The Kier molecular flexibility index (Phi) is 5.40. The number of hydrogen-bond donors (Lipinski definition) is 2. The number of carbonyl (C=O) groups excluding carboxylic acids is 1. The van der Waals surface area contributed by atoms with E-state index in [-0.39, 0.29) is 5.56 Å². The topological polar surface area (TPSA) is 54.0 Å². The van der Waals surface area contributed by atoms with E-state index in [1.807, 2.05) is 31.2 Å². The summed E-state index contributed by atoms with van der Waals surface area (Å²) < 4.78 is 39.8. The van der Waals surface area contributed by atoms with Crippen molar-refractivity contribution in [2.24, 2.45) is 0 Å². The molecule has 27 heavy (non-hydrogen) atoms. The second-order valence-electron chi connectivity index (χ2n) is 5.89. The molecular weight excluding hydrogens is 355 g/mol. The van der Waals surface area contributed by atoms with Crippen molar-refractivity contribution in [3.8, 4) is 0 Å². The van der Waals surface area contributed by atoms with Gasteiger partial charge in [-0.25, -0.2) is 18.2 Å². The minimum Gasteiger partial charge on any atom is -0.366 e. The predicted octanol–water partition coefficient (Wildman–Crippen LogP) is 4.67. The number of amides is 1. The first-order valence-corrected chi connectivity index (χ1v) is 8.15. The SMILES string of the molecule is Cc1ccccc1CNc1ccc(C(=O)Nc2ccc(F)c(F)c2F)cn1. The normalized spacial score (nSPS) is 10.5. The molecule has 0 saturated heterocycles. The van der Waals surface area contributed by atoms with Crippen molar-refractivity contribution in [1.29, 1.82) is 0 Å². The molecule has 3 aromatic rings. The van der Waals surface area contributed by atoms with Crippen LogP contribution in [0, 0.1) is 24.4 Å². The average Bonchev–Trinajstić information content (AvgIpc) is 2.68. The van der Waals surface area contributed by atoms with E-state index in [0.29, 0.717) is 12.4 Å². The zero-order valence-corrected chi connectivity index (χ0v) is 14.4. The summed E-state index contributed by atoms with van der Waals surface area (Å²) in [7, 11) is 0. The number of pyridine rings is 1. The summed E-state index contributed by atoms with van der Waals surface area (Å²) in [4.78, 5) is 16.3. The van der Waals surface area contributed by atoms with Crippen LogP contribution in [0.3, 0.4) is 0 Å². The van der Waals surface area contributed by atoms with Gasteiger partial charge in [0.05, 0.1) is 11.3 Å². The molecule has 0 aliphatic carbocycles. The van der Waals surface area contributed by atoms with E-state index < -0.39 is 29.0 Å². The summed E-state index contributed by atoms with van der Waals surface area (Å²) >= 11 is 0. The lowest BCUT2D eigenvalue weighted by Crippen LogP contribution is -2.14. The maximum Gasteiger partial charge on any atom is 0.257 e. The maximum absolute atomic E-state index is 13.6. The number of nitrogens with one attached hydrogen (secondary N) is 2. The summed E-state index contributed by atoms with van der Waals surface area (Å²) in [6.45, 7) is 2.58. The number of rotatable bonds is 5. The molecule has 0 radical (unpaired) electrons. The van der Waals surface area contributed by atoms with E-state index in [1.54, 1.807) is 6.07 Å². The van der Waals surface area contributed by atoms with E-state index in [0.717, 1.165) is 23.3 Å². The fourth-order valence-electron chi connectivity index (χ4n) is 2.44. The van der Waals surface area contributed by atoms with Crippen molar-refractivity contribution in [2.75, 3.05) is 10.6 Å². The third kappa shape index (κ3) is 4.25. The number of carbonyl (C=O) groups is 1. The minimum absolute atomic E-state index is 0.153. The van der Waals surface area contributed by atoms with Crippen LogP contribution in [-0.2, 0) is 6.54 Å². The lowest BCUT2D eigenvalue weighted by atomic mass is 10.1. The number of halogens is 3. The van der Waals surface area contributed by atoms with Crippen LogP contribution in [0.5, 0.6) is 0 Å². The summed E-state index contributed by atoms with van der Waals surface area (Å²) in [6.07, 6.45) is 1.31. The van der Waals surface area contributed by atoms with E-state index in [2.05, 4.69) is 15.6 Å². The Morgan fingerprint density at radius 3 is 2.48 bits per heavy atom. The van der Waals surface area contributed by atoms with Gasteiger partial charge in [-0.05, 0) is 42.3 Å². The molecular formula is C20H16F3N3O. The number of hydrogen-bond acceptors (Lipinski definition) is 3. The highest BCUT2D eigenvalue weighted by Gasteiger charge is 2.16. The highest BCUT2D eigenvalue weighted by molar-refractivity contribution is 6.04. The molecule has 1 aromatic heterocycles. The van der Waals surface area contributed by atoms with Crippen LogP contribution >= 0.6 is 0 Å². The Labute approximate surface area is 154 Å². The van der Waals surface area contributed by atoms with Crippen molar-refractivity contribution in [3.63, 3.8) is 0 Å². The molecule has 0 saturated carbocycles. The molecule has 1 heterocycles. The zero-order valence-electron chi connectivity index (χ0n) is 14.4. The number of nitrogens with zero attached hydrogens (tertiary/aromatic N) is 1. The second-order valence-corrected chi connectivity index (χ2v) is 5.89. The van der Waals surface area contributed by atoms with Gasteiger partial charge in [0.2, 0.25) is 0 Å². The quantitative estimate of drug-likeness (QED) is 0.641. The van der Waals surface area contributed by atoms with Gasteiger partial charge in [-0.2, -0.15) is 0 Å². The molecule has 7 heteroatoms. The highest BCUT2D eigenvalue weighted by Crippen LogP contribution is 2.20. The first-order valence-electron chi connectivity index (χ1n) is 8.15. The van der Waals surface area contributed by atoms with E-state index >= 15 is 0 Å². The summed E-state index contributed by atoms with van der Waals surface area (Å²) in [6, 6.07) is 12.7. The Hall–Kier alpha value is -3.35.